The molecule has 1 aliphatic heterocycles. The number of anilines is 1. The first-order valence-corrected chi connectivity index (χ1v) is 5.53. The molecular weight excluding hydrogens is 204 g/mol. The SMILES string of the molecule is O=C1CNCc2ccccc2N1CCCO. The first kappa shape index (κ1) is 11.1. The van der Waals surface area contributed by atoms with Crippen LogP contribution in [-0.2, 0) is 11.3 Å². The van der Waals surface area contributed by atoms with Crippen LogP contribution in [0, 0.1) is 0 Å². The molecule has 4 nitrogen and oxygen atoms in total. The quantitative estimate of drug-likeness (QED) is 0.780. The summed E-state index contributed by atoms with van der Waals surface area (Å²) in [6.07, 6.45) is 0.611. The van der Waals surface area contributed by atoms with Crippen LogP contribution >= 0.6 is 0 Å². The van der Waals surface area contributed by atoms with Gasteiger partial charge >= 0.3 is 0 Å². The Balaban J connectivity index is 2.28. The van der Waals surface area contributed by atoms with Gasteiger partial charge in [0.1, 0.15) is 0 Å². The fraction of sp³-hybridized carbons (Fsp3) is 0.417. The van der Waals surface area contributed by atoms with Gasteiger partial charge in [-0.05, 0) is 18.1 Å². The summed E-state index contributed by atoms with van der Waals surface area (Å²) in [5.41, 5.74) is 2.09. The average molecular weight is 220 g/mol. The summed E-state index contributed by atoms with van der Waals surface area (Å²) in [6.45, 7) is 1.77. The monoisotopic (exact) mass is 220 g/mol. The van der Waals surface area contributed by atoms with Gasteiger partial charge in [0.25, 0.3) is 0 Å². The summed E-state index contributed by atoms with van der Waals surface area (Å²) < 4.78 is 0. The van der Waals surface area contributed by atoms with Gasteiger partial charge in [0.15, 0.2) is 0 Å². The molecule has 0 spiro atoms. The Labute approximate surface area is 94.9 Å². The summed E-state index contributed by atoms with van der Waals surface area (Å²) in [7, 11) is 0. The highest BCUT2D eigenvalue weighted by Gasteiger charge is 2.20. The summed E-state index contributed by atoms with van der Waals surface area (Å²) in [4.78, 5) is 13.6. The Hall–Kier alpha value is -1.39. The van der Waals surface area contributed by atoms with Crippen LogP contribution in [0.15, 0.2) is 24.3 Å². The van der Waals surface area contributed by atoms with Gasteiger partial charge in [-0.25, -0.2) is 0 Å². The van der Waals surface area contributed by atoms with E-state index in [4.69, 9.17) is 5.11 Å². The van der Waals surface area contributed by atoms with Crippen molar-refractivity contribution in [3.8, 4) is 0 Å². The summed E-state index contributed by atoms with van der Waals surface area (Å²) in [6, 6.07) is 7.88. The molecule has 0 fully saturated rings. The number of carbonyl (C=O) groups is 1. The maximum Gasteiger partial charge on any atom is 0.240 e. The first-order valence-electron chi connectivity index (χ1n) is 5.53. The number of benzene rings is 1. The predicted octanol–water partition coefficient (Wildman–Crippen LogP) is 0.505. The Morgan fingerprint density at radius 3 is 2.94 bits per heavy atom. The van der Waals surface area contributed by atoms with E-state index in [0.717, 1.165) is 17.8 Å². The number of rotatable bonds is 3. The molecule has 4 heteroatoms. The van der Waals surface area contributed by atoms with E-state index < -0.39 is 0 Å². The molecule has 0 aromatic heterocycles. The van der Waals surface area contributed by atoms with Crippen LogP contribution in [0.5, 0.6) is 0 Å². The molecule has 16 heavy (non-hydrogen) atoms. The second-order valence-electron chi connectivity index (χ2n) is 3.85. The lowest BCUT2D eigenvalue weighted by Crippen LogP contribution is -2.36. The molecule has 0 aliphatic carbocycles. The van der Waals surface area contributed by atoms with Crippen LogP contribution < -0.4 is 10.2 Å². The lowest BCUT2D eigenvalue weighted by molar-refractivity contribution is -0.117. The zero-order chi connectivity index (χ0) is 11.4. The van der Waals surface area contributed by atoms with Crippen LogP contribution in [0.2, 0.25) is 0 Å². The molecule has 2 rings (SSSR count). The Kier molecular flexibility index (Phi) is 3.54. The third kappa shape index (κ3) is 2.23. The molecule has 0 atom stereocenters. The van der Waals surface area contributed by atoms with E-state index >= 15 is 0 Å². The zero-order valence-corrected chi connectivity index (χ0v) is 9.15. The number of hydrogen-bond acceptors (Lipinski definition) is 3. The second-order valence-corrected chi connectivity index (χ2v) is 3.85. The number of hydrogen-bond donors (Lipinski definition) is 2. The molecule has 1 aromatic rings. The maximum absolute atomic E-state index is 11.9. The van der Waals surface area contributed by atoms with E-state index in [1.165, 1.54) is 0 Å². The van der Waals surface area contributed by atoms with Gasteiger partial charge in [-0.2, -0.15) is 0 Å². The minimum Gasteiger partial charge on any atom is -0.396 e. The number of carbonyl (C=O) groups excluding carboxylic acids is 1. The smallest absolute Gasteiger partial charge is 0.240 e. The van der Waals surface area contributed by atoms with E-state index in [9.17, 15) is 4.79 Å². The van der Waals surface area contributed by atoms with E-state index in [1.807, 2.05) is 24.3 Å². The van der Waals surface area contributed by atoms with E-state index in [0.29, 0.717) is 19.5 Å². The number of fused-ring (bicyclic) bond motifs is 1. The van der Waals surface area contributed by atoms with Crippen molar-refractivity contribution in [2.75, 3.05) is 24.6 Å². The van der Waals surface area contributed by atoms with E-state index in [2.05, 4.69) is 5.32 Å². The average Bonchev–Trinajstić information content (AvgIpc) is 2.46. The third-order valence-electron chi connectivity index (χ3n) is 2.71. The van der Waals surface area contributed by atoms with Crippen molar-refractivity contribution in [3.63, 3.8) is 0 Å². The fourth-order valence-electron chi connectivity index (χ4n) is 1.93. The topological polar surface area (TPSA) is 52.6 Å². The lowest BCUT2D eigenvalue weighted by atomic mass is 10.1. The van der Waals surface area contributed by atoms with Crippen LogP contribution in [0.25, 0.3) is 0 Å². The molecule has 2 N–H and O–H groups in total. The van der Waals surface area contributed by atoms with Gasteiger partial charge in [-0.15, -0.1) is 0 Å². The summed E-state index contributed by atoms with van der Waals surface area (Å²) in [5.74, 6) is 0.0680. The highest BCUT2D eigenvalue weighted by Crippen LogP contribution is 2.22. The van der Waals surface area contributed by atoms with Crippen molar-refractivity contribution < 1.29 is 9.90 Å². The molecule has 0 bridgehead atoms. The molecule has 1 heterocycles. The molecular formula is C12H16N2O2. The fourth-order valence-corrected chi connectivity index (χ4v) is 1.93. The standard InChI is InChI=1S/C12H16N2O2/c15-7-3-6-14-11-5-2-1-4-10(11)8-13-9-12(14)16/h1-2,4-5,13,15H,3,6-9H2. The van der Waals surface area contributed by atoms with Gasteiger partial charge < -0.3 is 15.3 Å². The van der Waals surface area contributed by atoms with Crippen molar-refractivity contribution >= 4 is 11.6 Å². The number of nitrogens with zero attached hydrogens (tertiary/aromatic N) is 1. The summed E-state index contributed by atoms with van der Waals surface area (Å²) in [5, 5.41) is 12.0. The molecule has 0 saturated heterocycles. The van der Waals surface area contributed by atoms with Crippen LogP contribution in [0.4, 0.5) is 5.69 Å². The molecule has 86 valence electrons. The normalized spacial score (nSPS) is 15.8. The van der Waals surface area contributed by atoms with Gasteiger partial charge in [-0.1, -0.05) is 18.2 Å². The Morgan fingerprint density at radius 2 is 2.12 bits per heavy atom. The van der Waals surface area contributed by atoms with Gasteiger partial charge in [-0.3, -0.25) is 4.79 Å². The predicted molar refractivity (Wildman–Crippen MR) is 62.2 cm³/mol. The third-order valence-corrected chi connectivity index (χ3v) is 2.71. The minimum absolute atomic E-state index is 0.0680. The van der Waals surface area contributed by atoms with Crippen LogP contribution in [-0.4, -0.2) is 30.7 Å². The summed E-state index contributed by atoms with van der Waals surface area (Å²) >= 11 is 0. The van der Waals surface area contributed by atoms with E-state index in [1.54, 1.807) is 4.90 Å². The Bertz CT molecular complexity index is 379. The van der Waals surface area contributed by atoms with Crippen LogP contribution in [0.3, 0.4) is 0 Å². The molecule has 0 unspecified atom stereocenters. The van der Waals surface area contributed by atoms with Gasteiger partial charge in [0, 0.05) is 25.4 Å². The maximum atomic E-state index is 11.9. The molecule has 0 saturated carbocycles. The zero-order valence-electron chi connectivity index (χ0n) is 9.15. The number of aliphatic hydroxyl groups excluding tert-OH is 1. The first-order chi connectivity index (χ1) is 7.83. The molecule has 1 aromatic carbocycles. The largest absolute Gasteiger partial charge is 0.396 e. The minimum atomic E-state index is 0.0680. The molecule has 0 radical (unpaired) electrons. The van der Waals surface area contributed by atoms with Gasteiger partial charge in [0.2, 0.25) is 5.91 Å². The highest BCUT2D eigenvalue weighted by atomic mass is 16.3. The van der Waals surface area contributed by atoms with Crippen molar-refractivity contribution in [1.82, 2.24) is 5.32 Å². The van der Waals surface area contributed by atoms with Crippen molar-refractivity contribution in [2.45, 2.75) is 13.0 Å². The number of para-hydroxylation sites is 1. The van der Waals surface area contributed by atoms with Crippen molar-refractivity contribution in [1.29, 1.82) is 0 Å². The van der Waals surface area contributed by atoms with Crippen molar-refractivity contribution in [3.05, 3.63) is 29.8 Å². The number of nitrogens with one attached hydrogen (secondary N) is 1. The molecule has 1 amide bonds. The van der Waals surface area contributed by atoms with Gasteiger partial charge in [0.05, 0.1) is 6.54 Å². The molecule has 1 aliphatic rings. The lowest BCUT2D eigenvalue weighted by Gasteiger charge is -2.22. The van der Waals surface area contributed by atoms with Crippen molar-refractivity contribution in [2.24, 2.45) is 0 Å². The number of amides is 1. The second kappa shape index (κ2) is 5.09. The highest BCUT2D eigenvalue weighted by molar-refractivity contribution is 5.96. The number of aliphatic hydroxyl groups is 1. The van der Waals surface area contributed by atoms with Crippen LogP contribution in [0.1, 0.15) is 12.0 Å². The van der Waals surface area contributed by atoms with E-state index in [-0.39, 0.29) is 12.5 Å². The Morgan fingerprint density at radius 1 is 1.31 bits per heavy atom.